The minimum atomic E-state index is -1.11. The molecular weight excluding hydrogens is 302 g/mol. The summed E-state index contributed by atoms with van der Waals surface area (Å²) in [6.45, 7) is 3.99. The zero-order valence-electron chi connectivity index (χ0n) is 13.2. The Bertz CT molecular complexity index is 624. The molecule has 0 spiro atoms. The van der Waals surface area contributed by atoms with Gasteiger partial charge >= 0.3 is 0 Å². The Balaban J connectivity index is 3.68. The smallest absolute Gasteiger partial charge is 0.244 e. The van der Waals surface area contributed by atoms with Gasteiger partial charge < -0.3 is 4.90 Å². The van der Waals surface area contributed by atoms with Crippen LogP contribution in [0.1, 0.15) is 27.2 Å². The topological polar surface area (TPSA) is 137 Å². The molecule has 0 saturated heterocycles. The van der Waals surface area contributed by atoms with Gasteiger partial charge in [0.2, 0.25) is 13.1 Å². The van der Waals surface area contributed by atoms with Gasteiger partial charge in [-0.25, -0.2) is 0 Å². The van der Waals surface area contributed by atoms with E-state index >= 15 is 0 Å². The third-order valence-electron chi connectivity index (χ3n) is 3.71. The van der Waals surface area contributed by atoms with E-state index in [4.69, 9.17) is 0 Å². The standard InChI is InChI=1S/C14H17N5O4/c1-4-5-17-12(8-18(20)21)10(6-15)14(2,3)11(7-16)13(17)9-19(22)23/h4-5,8-9H2,1-3H3. The van der Waals surface area contributed by atoms with Crippen LogP contribution in [0.5, 0.6) is 0 Å². The summed E-state index contributed by atoms with van der Waals surface area (Å²) in [6, 6.07) is 3.91. The normalized spacial score (nSPS) is 16.8. The molecule has 0 unspecified atom stereocenters. The van der Waals surface area contributed by atoms with Crippen molar-refractivity contribution in [3.63, 3.8) is 0 Å². The molecule has 0 saturated carbocycles. The SMILES string of the molecule is CCCN1C(C[N+](=O)[O-])=C(C#N)C(C)(C)C(C#N)=C1C[N+](=O)[O-]. The fourth-order valence-corrected chi connectivity index (χ4v) is 2.75. The van der Waals surface area contributed by atoms with Crippen molar-refractivity contribution in [3.05, 3.63) is 42.8 Å². The molecule has 0 aromatic rings. The molecule has 0 aromatic heterocycles. The van der Waals surface area contributed by atoms with Gasteiger partial charge in [-0.1, -0.05) is 20.8 Å². The largest absolute Gasteiger partial charge is 0.336 e. The first-order valence-corrected chi connectivity index (χ1v) is 6.99. The molecule has 0 amide bonds. The van der Waals surface area contributed by atoms with Crippen LogP contribution < -0.4 is 0 Å². The molecule has 122 valence electrons. The van der Waals surface area contributed by atoms with E-state index in [1.807, 2.05) is 19.1 Å². The highest BCUT2D eigenvalue weighted by atomic mass is 16.6. The van der Waals surface area contributed by atoms with Gasteiger partial charge in [-0.05, 0) is 6.42 Å². The fourth-order valence-electron chi connectivity index (χ4n) is 2.75. The molecule has 1 aliphatic heterocycles. The highest BCUT2D eigenvalue weighted by Gasteiger charge is 2.43. The van der Waals surface area contributed by atoms with Gasteiger partial charge in [-0.15, -0.1) is 0 Å². The van der Waals surface area contributed by atoms with Crippen LogP contribution in [0.25, 0.3) is 0 Å². The second kappa shape index (κ2) is 6.88. The van der Waals surface area contributed by atoms with Crippen molar-refractivity contribution in [2.45, 2.75) is 27.2 Å². The Kier molecular flexibility index (Phi) is 5.42. The van der Waals surface area contributed by atoms with E-state index in [0.29, 0.717) is 6.42 Å². The van der Waals surface area contributed by atoms with Crippen LogP contribution in [0.2, 0.25) is 0 Å². The van der Waals surface area contributed by atoms with Crippen molar-refractivity contribution >= 4 is 0 Å². The molecule has 0 N–H and O–H groups in total. The van der Waals surface area contributed by atoms with Gasteiger partial charge in [-0.3, -0.25) is 20.2 Å². The van der Waals surface area contributed by atoms with E-state index in [9.17, 15) is 30.8 Å². The molecule has 9 heteroatoms. The molecule has 0 bridgehead atoms. The van der Waals surface area contributed by atoms with Crippen LogP contribution in [0.3, 0.4) is 0 Å². The summed E-state index contributed by atoms with van der Waals surface area (Å²) in [5, 5.41) is 40.9. The summed E-state index contributed by atoms with van der Waals surface area (Å²) in [7, 11) is 0. The van der Waals surface area contributed by atoms with E-state index in [0.717, 1.165) is 0 Å². The first kappa shape index (κ1) is 18.1. The van der Waals surface area contributed by atoms with Crippen LogP contribution in [0.15, 0.2) is 22.5 Å². The second-order valence-electron chi connectivity index (χ2n) is 5.63. The van der Waals surface area contributed by atoms with E-state index in [2.05, 4.69) is 0 Å². The van der Waals surface area contributed by atoms with Gasteiger partial charge in [0.05, 0.1) is 23.3 Å². The fraction of sp³-hybridized carbons (Fsp3) is 0.571. The van der Waals surface area contributed by atoms with E-state index in [1.54, 1.807) is 13.8 Å². The van der Waals surface area contributed by atoms with Gasteiger partial charge in [0.25, 0.3) is 0 Å². The zero-order valence-corrected chi connectivity index (χ0v) is 13.2. The number of hydrogen-bond donors (Lipinski definition) is 0. The lowest BCUT2D eigenvalue weighted by Gasteiger charge is -2.38. The quantitative estimate of drug-likeness (QED) is 0.538. The second-order valence-corrected chi connectivity index (χ2v) is 5.63. The molecule has 0 atom stereocenters. The Labute approximate surface area is 133 Å². The minimum absolute atomic E-state index is 0.103. The maximum Gasteiger partial charge on any atom is 0.244 e. The maximum atomic E-state index is 11.0. The number of nitro groups is 2. The van der Waals surface area contributed by atoms with E-state index < -0.39 is 28.4 Å². The first-order valence-electron chi connectivity index (χ1n) is 6.99. The summed E-state index contributed by atoms with van der Waals surface area (Å²) in [5.74, 6) is 0. The number of rotatable bonds is 6. The summed E-state index contributed by atoms with van der Waals surface area (Å²) in [4.78, 5) is 22.2. The predicted molar refractivity (Wildman–Crippen MR) is 79.8 cm³/mol. The van der Waals surface area contributed by atoms with Crippen LogP contribution in [0, 0.1) is 48.3 Å². The Morgan fingerprint density at radius 1 is 1.04 bits per heavy atom. The van der Waals surface area contributed by atoms with Crippen molar-refractivity contribution in [3.8, 4) is 12.1 Å². The molecule has 1 heterocycles. The monoisotopic (exact) mass is 319 g/mol. The van der Waals surface area contributed by atoms with Crippen LogP contribution in [0.4, 0.5) is 0 Å². The molecular formula is C14H17N5O4. The Hall–Kier alpha value is -2.94. The van der Waals surface area contributed by atoms with Crippen LogP contribution in [-0.4, -0.2) is 34.4 Å². The summed E-state index contributed by atoms with van der Waals surface area (Å²) >= 11 is 0. The molecule has 1 rings (SSSR count). The number of nitriles is 2. The molecule has 0 aromatic carbocycles. The number of allylic oxidation sites excluding steroid dienone is 2. The van der Waals surface area contributed by atoms with E-state index in [1.165, 1.54) is 4.90 Å². The summed E-state index contributed by atoms with van der Waals surface area (Å²) in [5.41, 5.74) is -0.650. The Morgan fingerprint density at radius 3 is 1.70 bits per heavy atom. The van der Waals surface area contributed by atoms with Gasteiger partial charge in [0, 0.05) is 21.8 Å². The molecule has 23 heavy (non-hydrogen) atoms. The van der Waals surface area contributed by atoms with Crippen molar-refractivity contribution in [2.24, 2.45) is 5.41 Å². The summed E-state index contributed by atoms with van der Waals surface area (Å²) < 4.78 is 0. The lowest BCUT2D eigenvalue weighted by Crippen LogP contribution is -2.40. The number of hydrogen-bond acceptors (Lipinski definition) is 7. The van der Waals surface area contributed by atoms with Crippen LogP contribution in [-0.2, 0) is 0 Å². The van der Waals surface area contributed by atoms with E-state index in [-0.39, 0.29) is 29.1 Å². The maximum absolute atomic E-state index is 11.0. The Morgan fingerprint density at radius 2 is 1.43 bits per heavy atom. The third kappa shape index (κ3) is 3.46. The van der Waals surface area contributed by atoms with Crippen molar-refractivity contribution < 1.29 is 9.85 Å². The molecule has 0 radical (unpaired) electrons. The highest BCUT2D eigenvalue weighted by Crippen LogP contribution is 2.44. The van der Waals surface area contributed by atoms with Crippen molar-refractivity contribution in [1.29, 1.82) is 10.5 Å². The lowest BCUT2D eigenvalue weighted by atomic mass is 9.73. The molecule has 9 nitrogen and oxygen atoms in total. The predicted octanol–water partition coefficient (Wildman–Crippen LogP) is 1.85. The molecule has 0 fully saturated rings. The van der Waals surface area contributed by atoms with Crippen molar-refractivity contribution in [2.75, 3.05) is 19.6 Å². The van der Waals surface area contributed by atoms with Crippen LogP contribution >= 0.6 is 0 Å². The first-order chi connectivity index (χ1) is 10.7. The average Bonchev–Trinajstić information content (AvgIpc) is 2.42. The minimum Gasteiger partial charge on any atom is -0.336 e. The van der Waals surface area contributed by atoms with Gasteiger partial charge in [0.15, 0.2) is 0 Å². The summed E-state index contributed by atoms with van der Waals surface area (Å²) in [6.07, 6.45) is 0.556. The zero-order chi connectivity index (χ0) is 17.8. The molecule has 1 aliphatic rings. The highest BCUT2D eigenvalue weighted by molar-refractivity contribution is 5.51. The van der Waals surface area contributed by atoms with Gasteiger partial charge in [-0.2, -0.15) is 10.5 Å². The third-order valence-corrected chi connectivity index (χ3v) is 3.71. The number of nitrogens with zero attached hydrogens (tertiary/aromatic N) is 5. The lowest BCUT2D eigenvalue weighted by molar-refractivity contribution is -0.477. The van der Waals surface area contributed by atoms with Crippen molar-refractivity contribution in [1.82, 2.24) is 4.90 Å². The van der Waals surface area contributed by atoms with Gasteiger partial charge in [0.1, 0.15) is 11.4 Å². The average molecular weight is 319 g/mol. The molecule has 0 aliphatic carbocycles.